The molecule has 1 aromatic rings. The monoisotopic (exact) mass is 206 g/mol. The molecule has 0 atom stereocenters. The van der Waals surface area contributed by atoms with Gasteiger partial charge in [0.15, 0.2) is 0 Å². The maximum absolute atomic E-state index is 12.8. The van der Waals surface area contributed by atoms with Crippen LogP contribution >= 0.6 is 11.6 Å². The molecular formula is C8H5ClF2O2. The number of rotatable bonds is 2. The van der Waals surface area contributed by atoms with Crippen LogP contribution in [0.4, 0.5) is 13.6 Å². The van der Waals surface area contributed by atoms with E-state index in [0.29, 0.717) is 6.07 Å². The second-order valence-corrected chi connectivity index (χ2v) is 2.57. The molecule has 0 heterocycles. The van der Waals surface area contributed by atoms with Gasteiger partial charge < -0.3 is 4.74 Å². The van der Waals surface area contributed by atoms with Crippen LogP contribution in [-0.4, -0.2) is 5.43 Å². The van der Waals surface area contributed by atoms with Gasteiger partial charge in [0.1, 0.15) is 18.2 Å². The predicted molar refractivity (Wildman–Crippen MR) is 42.4 cm³/mol. The molecule has 1 rings (SSSR count). The second-order valence-electron chi connectivity index (χ2n) is 2.26. The van der Waals surface area contributed by atoms with E-state index in [0.717, 1.165) is 6.07 Å². The quantitative estimate of drug-likeness (QED) is 0.696. The Morgan fingerprint density at radius 3 is 2.69 bits per heavy atom. The summed E-state index contributed by atoms with van der Waals surface area (Å²) in [6, 6.07) is 2.96. The van der Waals surface area contributed by atoms with Crippen molar-refractivity contribution in [1.82, 2.24) is 0 Å². The summed E-state index contributed by atoms with van der Waals surface area (Å²) >= 11 is 4.85. The lowest BCUT2D eigenvalue weighted by atomic mass is 10.2. The maximum Gasteiger partial charge on any atom is 0.404 e. The minimum atomic E-state index is -1.02. The van der Waals surface area contributed by atoms with Crippen LogP contribution in [0.25, 0.3) is 0 Å². The maximum atomic E-state index is 12.8. The fraction of sp³-hybridized carbons (Fsp3) is 0.125. The third-order valence-corrected chi connectivity index (χ3v) is 1.47. The lowest BCUT2D eigenvalue weighted by molar-refractivity contribution is 0.165. The number of carbonyl (C=O) groups is 1. The molecule has 0 saturated carbocycles. The van der Waals surface area contributed by atoms with E-state index in [4.69, 9.17) is 11.6 Å². The van der Waals surface area contributed by atoms with Gasteiger partial charge in [0.05, 0.1) is 0 Å². The molecule has 0 aliphatic rings. The van der Waals surface area contributed by atoms with Crippen molar-refractivity contribution in [1.29, 1.82) is 0 Å². The molecule has 0 spiro atoms. The SMILES string of the molecule is O=C(Cl)OCc1ccc(F)cc1F. The summed E-state index contributed by atoms with van der Waals surface area (Å²) in [7, 11) is 0. The number of ether oxygens (including phenoxy) is 1. The van der Waals surface area contributed by atoms with Crippen molar-refractivity contribution in [3.8, 4) is 0 Å². The molecule has 13 heavy (non-hydrogen) atoms. The number of halogens is 3. The van der Waals surface area contributed by atoms with Crippen LogP contribution in [0.2, 0.25) is 0 Å². The van der Waals surface area contributed by atoms with Crippen LogP contribution in [0.1, 0.15) is 5.56 Å². The van der Waals surface area contributed by atoms with Crippen LogP contribution in [0, 0.1) is 11.6 Å². The summed E-state index contributed by atoms with van der Waals surface area (Å²) in [5, 5.41) is 0. The molecule has 0 unspecified atom stereocenters. The standard InChI is InChI=1S/C8H5ClF2O2/c9-8(12)13-4-5-1-2-6(10)3-7(5)11/h1-3H,4H2. The highest BCUT2D eigenvalue weighted by Gasteiger charge is 2.05. The minimum absolute atomic E-state index is 0.0791. The zero-order chi connectivity index (χ0) is 9.84. The Bertz CT molecular complexity index is 328. The third-order valence-electron chi connectivity index (χ3n) is 1.36. The Morgan fingerprint density at radius 1 is 1.46 bits per heavy atom. The molecule has 0 bridgehead atoms. The minimum Gasteiger partial charge on any atom is -0.449 e. The van der Waals surface area contributed by atoms with E-state index >= 15 is 0 Å². The number of hydrogen-bond acceptors (Lipinski definition) is 2. The van der Waals surface area contributed by atoms with Gasteiger partial charge in [-0.2, -0.15) is 0 Å². The highest BCUT2D eigenvalue weighted by Crippen LogP contribution is 2.10. The van der Waals surface area contributed by atoms with Gasteiger partial charge in [-0.05, 0) is 12.1 Å². The third kappa shape index (κ3) is 2.99. The molecule has 1 aromatic carbocycles. The molecule has 0 aliphatic heterocycles. The van der Waals surface area contributed by atoms with Crippen LogP contribution < -0.4 is 0 Å². The number of benzene rings is 1. The van der Waals surface area contributed by atoms with Crippen molar-refractivity contribution in [2.75, 3.05) is 0 Å². The van der Waals surface area contributed by atoms with Gasteiger partial charge in [0, 0.05) is 23.2 Å². The number of hydrogen-bond donors (Lipinski definition) is 0. The van der Waals surface area contributed by atoms with Crippen LogP contribution in [-0.2, 0) is 11.3 Å². The first kappa shape index (κ1) is 9.92. The average molecular weight is 207 g/mol. The van der Waals surface area contributed by atoms with Crippen LogP contribution in [0.15, 0.2) is 18.2 Å². The van der Waals surface area contributed by atoms with E-state index in [1.807, 2.05) is 0 Å². The largest absolute Gasteiger partial charge is 0.449 e. The summed E-state index contributed by atoms with van der Waals surface area (Å²) in [5.74, 6) is -1.45. The Kier molecular flexibility index (Phi) is 3.19. The molecule has 0 aromatic heterocycles. The van der Waals surface area contributed by atoms with Crippen molar-refractivity contribution >= 4 is 17.0 Å². The Morgan fingerprint density at radius 2 is 2.15 bits per heavy atom. The second kappa shape index (κ2) is 4.18. The summed E-state index contributed by atoms with van der Waals surface area (Å²) in [4.78, 5) is 10.1. The topological polar surface area (TPSA) is 26.3 Å². The first-order chi connectivity index (χ1) is 6.09. The Labute approximate surface area is 78.1 Å². The smallest absolute Gasteiger partial charge is 0.404 e. The first-order valence-corrected chi connectivity index (χ1v) is 3.73. The molecule has 0 aliphatic carbocycles. The van der Waals surface area contributed by atoms with Gasteiger partial charge in [-0.25, -0.2) is 13.6 Å². The van der Waals surface area contributed by atoms with Gasteiger partial charge in [-0.15, -0.1) is 0 Å². The first-order valence-electron chi connectivity index (χ1n) is 3.36. The molecule has 0 saturated heterocycles. The van der Waals surface area contributed by atoms with E-state index in [1.54, 1.807) is 0 Å². The lowest BCUT2D eigenvalue weighted by Gasteiger charge is -2.01. The summed E-state index contributed by atoms with van der Waals surface area (Å²) in [6.07, 6.45) is 0. The zero-order valence-corrected chi connectivity index (χ0v) is 7.15. The molecule has 2 nitrogen and oxygen atoms in total. The molecule has 5 heteroatoms. The van der Waals surface area contributed by atoms with Crippen molar-refractivity contribution in [2.45, 2.75) is 6.61 Å². The molecule has 0 amide bonds. The molecule has 70 valence electrons. The Hall–Kier alpha value is -1.16. The normalized spacial score (nSPS) is 9.77. The van der Waals surface area contributed by atoms with Crippen LogP contribution in [0.5, 0.6) is 0 Å². The fourth-order valence-corrected chi connectivity index (χ4v) is 0.828. The highest BCUT2D eigenvalue weighted by atomic mass is 35.5. The molecule has 0 N–H and O–H groups in total. The van der Waals surface area contributed by atoms with E-state index in [-0.39, 0.29) is 12.2 Å². The fourth-order valence-electron chi connectivity index (χ4n) is 0.773. The highest BCUT2D eigenvalue weighted by molar-refractivity contribution is 6.61. The van der Waals surface area contributed by atoms with Gasteiger partial charge in [0.2, 0.25) is 0 Å². The van der Waals surface area contributed by atoms with E-state index in [1.165, 1.54) is 6.07 Å². The van der Waals surface area contributed by atoms with Crippen molar-refractivity contribution in [3.05, 3.63) is 35.4 Å². The van der Waals surface area contributed by atoms with Gasteiger partial charge in [0.25, 0.3) is 0 Å². The molecule has 0 fully saturated rings. The average Bonchev–Trinajstić information content (AvgIpc) is 2.02. The predicted octanol–water partition coefficient (Wildman–Crippen LogP) is 2.84. The zero-order valence-electron chi connectivity index (χ0n) is 6.39. The van der Waals surface area contributed by atoms with Crippen molar-refractivity contribution < 1.29 is 18.3 Å². The number of carbonyl (C=O) groups excluding carboxylic acids is 1. The van der Waals surface area contributed by atoms with Crippen molar-refractivity contribution in [3.63, 3.8) is 0 Å². The Balaban J connectivity index is 2.72. The summed E-state index contributed by atoms with van der Waals surface area (Å²) in [6.45, 7) is -0.297. The lowest BCUT2D eigenvalue weighted by Crippen LogP contribution is -1.98. The van der Waals surface area contributed by atoms with E-state index < -0.39 is 17.1 Å². The van der Waals surface area contributed by atoms with E-state index in [2.05, 4.69) is 4.74 Å². The van der Waals surface area contributed by atoms with Crippen LogP contribution in [0.3, 0.4) is 0 Å². The van der Waals surface area contributed by atoms with Crippen molar-refractivity contribution in [2.24, 2.45) is 0 Å². The summed E-state index contributed by atoms with van der Waals surface area (Å²) in [5.41, 5.74) is -0.945. The van der Waals surface area contributed by atoms with E-state index in [9.17, 15) is 13.6 Å². The van der Waals surface area contributed by atoms with Gasteiger partial charge >= 0.3 is 5.43 Å². The van der Waals surface area contributed by atoms with Gasteiger partial charge in [-0.1, -0.05) is 0 Å². The summed E-state index contributed by atoms with van der Waals surface area (Å²) < 4.78 is 29.5. The molecule has 0 radical (unpaired) electrons. The van der Waals surface area contributed by atoms with Gasteiger partial charge in [-0.3, -0.25) is 0 Å². The molecular weight excluding hydrogens is 202 g/mol.